The molecule has 0 saturated heterocycles. The number of esters is 1. The summed E-state index contributed by atoms with van der Waals surface area (Å²) in [5.41, 5.74) is -0.471. The van der Waals surface area contributed by atoms with Gasteiger partial charge < -0.3 is 19.7 Å². The van der Waals surface area contributed by atoms with Crippen LogP contribution in [0.4, 0.5) is 0 Å². The van der Waals surface area contributed by atoms with Gasteiger partial charge in [0.05, 0.1) is 19.8 Å². The predicted molar refractivity (Wildman–Crippen MR) is 59.1 cm³/mol. The average Bonchev–Trinajstić information content (AvgIpc) is 3.06. The van der Waals surface area contributed by atoms with Gasteiger partial charge in [-0.15, -0.1) is 0 Å². The number of carbonyl (C=O) groups excluding carboxylic acids is 1. The molecular formula is C12H14O5. The Morgan fingerprint density at radius 2 is 2.00 bits per heavy atom. The molecule has 0 aliphatic heterocycles. The first-order valence-electron chi connectivity index (χ1n) is 5.24. The van der Waals surface area contributed by atoms with E-state index in [4.69, 9.17) is 4.74 Å². The van der Waals surface area contributed by atoms with Gasteiger partial charge in [-0.3, -0.25) is 0 Å². The first-order valence-corrected chi connectivity index (χ1v) is 5.24. The lowest BCUT2D eigenvalue weighted by Crippen LogP contribution is -2.10. The highest BCUT2D eigenvalue weighted by atomic mass is 16.5. The molecule has 1 aromatic rings. The summed E-state index contributed by atoms with van der Waals surface area (Å²) >= 11 is 0. The van der Waals surface area contributed by atoms with Crippen LogP contribution in [0, 0.1) is 0 Å². The Morgan fingerprint density at radius 1 is 1.35 bits per heavy atom. The molecular weight excluding hydrogens is 224 g/mol. The Balaban J connectivity index is 2.53. The van der Waals surface area contributed by atoms with Crippen molar-refractivity contribution in [2.75, 3.05) is 14.2 Å². The van der Waals surface area contributed by atoms with E-state index >= 15 is 0 Å². The maximum absolute atomic E-state index is 11.5. The fourth-order valence-electron chi connectivity index (χ4n) is 1.77. The second-order valence-electron chi connectivity index (χ2n) is 4.09. The maximum atomic E-state index is 11.5. The van der Waals surface area contributed by atoms with Gasteiger partial charge in [-0.1, -0.05) is 0 Å². The van der Waals surface area contributed by atoms with E-state index in [2.05, 4.69) is 4.74 Å². The van der Waals surface area contributed by atoms with Crippen molar-refractivity contribution in [3.8, 4) is 11.5 Å². The minimum absolute atomic E-state index is 0.0745. The summed E-state index contributed by atoms with van der Waals surface area (Å²) in [5, 5.41) is 19.8. The Morgan fingerprint density at radius 3 is 2.47 bits per heavy atom. The van der Waals surface area contributed by atoms with Crippen molar-refractivity contribution in [1.29, 1.82) is 0 Å². The van der Waals surface area contributed by atoms with Crippen LogP contribution in [-0.4, -0.2) is 30.4 Å². The largest absolute Gasteiger partial charge is 0.507 e. The molecule has 2 rings (SSSR count). The van der Waals surface area contributed by atoms with Gasteiger partial charge in [0, 0.05) is 11.6 Å². The summed E-state index contributed by atoms with van der Waals surface area (Å²) in [6, 6.07) is 2.74. The van der Waals surface area contributed by atoms with E-state index in [1.54, 1.807) is 0 Å². The molecule has 0 radical (unpaired) electrons. The van der Waals surface area contributed by atoms with Crippen LogP contribution in [0.15, 0.2) is 12.1 Å². The minimum Gasteiger partial charge on any atom is -0.507 e. The van der Waals surface area contributed by atoms with Gasteiger partial charge in [-0.2, -0.15) is 0 Å². The molecule has 1 saturated carbocycles. The zero-order valence-corrected chi connectivity index (χ0v) is 9.69. The number of rotatable bonds is 3. The number of carbonyl (C=O) groups is 1. The van der Waals surface area contributed by atoms with Crippen molar-refractivity contribution in [3.63, 3.8) is 0 Å². The Labute approximate surface area is 98.6 Å². The predicted octanol–water partition coefficient (Wildman–Crippen LogP) is 1.17. The lowest BCUT2D eigenvalue weighted by Gasteiger charge is -2.14. The Hall–Kier alpha value is -1.75. The second kappa shape index (κ2) is 3.92. The van der Waals surface area contributed by atoms with Crippen molar-refractivity contribution in [1.82, 2.24) is 0 Å². The summed E-state index contributed by atoms with van der Waals surface area (Å²) in [7, 11) is 2.66. The van der Waals surface area contributed by atoms with Crippen LogP contribution in [0.5, 0.6) is 11.5 Å². The minimum atomic E-state index is -1.01. The van der Waals surface area contributed by atoms with Crippen LogP contribution < -0.4 is 4.74 Å². The highest BCUT2D eigenvalue weighted by Gasteiger charge is 2.44. The van der Waals surface area contributed by atoms with Crippen LogP contribution in [0.3, 0.4) is 0 Å². The number of ether oxygens (including phenoxy) is 2. The quantitative estimate of drug-likeness (QED) is 0.773. The number of aliphatic hydroxyl groups is 1. The SMILES string of the molecule is COC(=O)c1cc(C2(O)CC2)c(O)cc1OC. The topological polar surface area (TPSA) is 76.0 Å². The molecule has 1 aliphatic carbocycles. The molecule has 0 amide bonds. The summed E-state index contributed by atoms with van der Waals surface area (Å²) in [6.45, 7) is 0. The van der Waals surface area contributed by atoms with E-state index < -0.39 is 11.6 Å². The maximum Gasteiger partial charge on any atom is 0.341 e. The zero-order valence-electron chi connectivity index (χ0n) is 9.69. The molecule has 0 aromatic heterocycles. The summed E-state index contributed by atoms with van der Waals surface area (Å²) < 4.78 is 9.62. The van der Waals surface area contributed by atoms with Crippen LogP contribution in [0.25, 0.3) is 0 Å². The van der Waals surface area contributed by atoms with Gasteiger partial charge in [-0.25, -0.2) is 4.79 Å². The molecule has 0 heterocycles. The molecule has 5 heteroatoms. The molecule has 5 nitrogen and oxygen atoms in total. The standard InChI is InChI=1S/C12H14O5/c1-16-10-6-9(13)8(12(15)3-4-12)5-7(10)11(14)17-2/h5-6,13,15H,3-4H2,1-2H3. The third-order valence-electron chi connectivity index (χ3n) is 2.95. The summed E-state index contributed by atoms with van der Waals surface area (Å²) in [5.74, 6) is -0.413. The van der Waals surface area contributed by atoms with Crippen LogP contribution in [0.2, 0.25) is 0 Å². The molecule has 0 atom stereocenters. The fraction of sp³-hybridized carbons (Fsp3) is 0.417. The first-order chi connectivity index (χ1) is 8.01. The van der Waals surface area contributed by atoms with Crippen molar-refractivity contribution in [3.05, 3.63) is 23.3 Å². The van der Waals surface area contributed by atoms with Crippen molar-refractivity contribution in [2.24, 2.45) is 0 Å². The van der Waals surface area contributed by atoms with Crippen LogP contribution in [-0.2, 0) is 10.3 Å². The normalized spacial score (nSPS) is 16.4. The summed E-state index contributed by atoms with van der Waals surface area (Å²) in [6.07, 6.45) is 1.15. The molecule has 92 valence electrons. The Bertz CT molecular complexity index is 462. The highest BCUT2D eigenvalue weighted by molar-refractivity contribution is 5.93. The molecule has 0 spiro atoms. The van der Waals surface area contributed by atoms with Crippen LogP contribution in [0.1, 0.15) is 28.8 Å². The van der Waals surface area contributed by atoms with Gasteiger partial charge in [0.25, 0.3) is 0 Å². The molecule has 1 fully saturated rings. The van der Waals surface area contributed by atoms with Crippen molar-refractivity contribution >= 4 is 5.97 Å². The lowest BCUT2D eigenvalue weighted by atomic mass is 10.0. The van der Waals surface area contributed by atoms with Gasteiger partial charge in [0.15, 0.2) is 0 Å². The smallest absolute Gasteiger partial charge is 0.341 e. The van der Waals surface area contributed by atoms with Gasteiger partial charge in [0.1, 0.15) is 17.1 Å². The molecule has 1 aliphatic rings. The molecule has 0 bridgehead atoms. The first kappa shape index (κ1) is 11.7. The third-order valence-corrected chi connectivity index (χ3v) is 2.95. The van der Waals surface area contributed by atoms with E-state index in [1.807, 2.05) is 0 Å². The van der Waals surface area contributed by atoms with E-state index in [0.29, 0.717) is 18.4 Å². The van der Waals surface area contributed by atoms with Crippen molar-refractivity contribution < 1.29 is 24.5 Å². The van der Waals surface area contributed by atoms with E-state index in [0.717, 1.165) is 0 Å². The van der Waals surface area contributed by atoms with Gasteiger partial charge >= 0.3 is 5.97 Å². The molecule has 2 N–H and O–H groups in total. The summed E-state index contributed by atoms with van der Waals surface area (Å²) in [4.78, 5) is 11.5. The third kappa shape index (κ3) is 1.93. The number of aromatic hydroxyl groups is 1. The molecule has 0 unspecified atom stereocenters. The fourth-order valence-corrected chi connectivity index (χ4v) is 1.77. The number of methoxy groups -OCH3 is 2. The van der Waals surface area contributed by atoms with E-state index in [9.17, 15) is 15.0 Å². The molecule has 1 aromatic carbocycles. The number of phenolic OH excluding ortho intramolecular Hbond substituents is 1. The zero-order chi connectivity index (χ0) is 12.6. The van der Waals surface area contributed by atoms with E-state index in [1.165, 1.54) is 26.4 Å². The number of hydrogen-bond acceptors (Lipinski definition) is 5. The van der Waals surface area contributed by atoms with E-state index in [-0.39, 0.29) is 17.1 Å². The lowest BCUT2D eigenvalue weighted by molar-refractivity contribution is 0.0596. The number of benzene rings is 1. The number of phenols is 1. The highest BCUT2D eigenvalue weighted by Crippen LogP contribution is 2.49. The number of hydrogen-bond donors (Lipinski definition) is 2. The van der Waals surface area contributed by atoms with Crippen LogP contribution >= 0.6 is 0 Å². The monoisotopic (exact) mass is 238 g/mol. The Kier molecular flexibility index (Phi) is 2.71. The second-order valence-corrected chi connectivity index (χ2v) is 4.09. The van der Waals surface area contributed by atoms with Gasteiger partial charge in [-0.05, 0) is 18.9 Å². The average molecular weight is 238 g/mol. The van der Waals surface area contributed by atoms with Gasteiger partial charge in [0.2, 0.25) is 0 Å². The molecule has 17 heavy (non-hydrogen) atoms. The van der Waals surface area contributed by atoms with Crippen molar-refractivity contribution in [2.45, 2.75) is 18.4 Å².